The molecule has 3 aromatic rings. The van der Waals surface area contributed by atoms with Gasteiger partial charge in [0, 0.05) is 10.9 Å². The molecule has 0 radical (unpaired) electrons. The van der Waals surface area contributed by atoms with Crippen LogP contribution >= 0.6 is 34.8 Å². The van der Waals surface area contributed by atoms with E-state index in [-0.39, 0.29) is 16.0 Å². The second-order valence-electron chi connectivity index (χ2n) is 6.63. The molecule has 2 aromatic carbocycles. The fourth-order valence-electron chi connectivity index (χ4n) is 3.37. The molecule has 6 nitrogen and oxygen atoms in total. The highest BCUT2D eigenvalue weighted by molar-refractivity contribution is 14.1. The number of alkyl halides is 1. The molecule has 1 atom stereocenters. The zero-order chi connectivity index (χ0) is 20.1. The van der Waals surface area contributed by atoms with Gasteiger partial charge in [-0.05, 0) is 82.3 Å². The fourth-order valence-corrected chi connectivity index (χ4v) is 4.32. The molecule has 2 N–H and O–H groups in total. The minimum absolute atomic E-state index is 0.262. The maximum atomic E-state index is 11.8. The van der Waals surface area contributed by atoms with E-state index in [9.17, 15) is 9.59 Å². The summed E-state index contributed by atoms with van der Waals surface area (Å²) in [4.78, 5) is 28.2. The number of hydrogen-bond acceptors (Lipinski definition) is 5. The number of pyridine rings is 1. The monoisotopic (exact) mass is 513 g/mol. The van der Waals surface area contributed by atoms with Crippen LogP contribution in [0.4, 0.5) is 0 Å². The van der Waals surface area contributed by atoms with Crippen molar-refractivity contribution in [1.82, 2.24) is 15.6 Å². The molecule has 0 aliphatic carbocycles. The van der Waals surface area contributed by atoms with E-state index in [1.807, 2.05) is 42.5 Å². The van der Waals surface area contributed by atoms with Crippen molar-refractivity contribution in [3.63, 3.8) is 0 Å². The highest BCUT2D eigenvalue weighted by atomic mass is 127. The van der Waals surface area contributed by atoms with E-state index in [1.54, 1.807) is 6.08 Å². The maximum absolute atomic E-state index is 11.8. The third kappa shape index (κ3) is 3.28. The van der Waals surface area contributed by atoms with Gasteiger partial charge in [-0.15, -0.1) is 0 Å². The van der Waals surface area contributed by atoms with E-state index < -0.39 is 0 Å². The number of benzene rings is 2. The molecule has 1 aromatic heterocycles. The van der Waals surface area contributed by atoms with Gasteiger partial charge in [-0.3, -0.25) is 10.1 Å². The summed E-state index contributed by atoms with van der Waals surface area (Å²) in [6.07, 6.45) is 1.67. The van der Waals surface area contributed by atoms with Crippen molar-refractivity contribution in [3.05, 3.63) is 71.0 Å². The Balaban J connectivity index is 1.50. The molecule has 1 amide bonds. The number of rotatable bonds is 2. The van der Waals surface area contributed by atoms with E-state index >= 15 is 0 Å². The Morgan fingerprint density at radius 1 is 1.03 bits per heavy atom. The van der Waals surface area contributed by atoms with Crippen LogP contribution in [0.25, 0.3) is 28.1 Å². The van der Waals surface area contributed by atoms with Gasteiger partial charge < -0.3 is 10.1 Å². The van der Waals surface area contributed by atoms with E-state index in [2.05, 4.69) is 44.3 Å². The van der Waals surface area contributed by atoms with Crippen molar-refractivity contribution in [2.45, 2.75) is 4.11 Å². The van der Waals surface area contributed by atoms with Crippen LogP contribution in [0.3, 0.4) is 0 Å². The summed E-state index contributed by atoms with van der Waals surface area (Å²) < 4.78 is 5.00. The second kappa shape index (κ2) is 6.89. The number of amides is 1. The molecule has 0 bridgehead atoms. The number of hydrogen-bond donors (Lipinski definition) is 2. The number of fused-ring (bicyclic) bond motifs is 2. The topological polar surface area (TPSA) is 80.3 Å². The lowest BCUT2D eigenvalue weighted by molar-refractivity contribution is -0.115. The Labute approximate surface area is 184 Å². The van der Waals surface area contributed by atoms with E-state index in [0.29, 0.717) is 22.1 Å². The second-order valence-corrected chi connectivity index (χ2v) is 8.17. The van der Waals surface area contributed by atoms with Gasteiger partial charge in [-0.25, -0.2) is 9.78 Å². The van der Waals surface area contributed by atoms with E-state index in [1.165, 1.54) is 0 Å². The third-order valence-corrected chi connectivity index (χ3v) is 5.91. The summed E-state index contributed by atoms with van der Waals surface area (Å²) in [6.45, 7) is 0. The average Bonchev–Trinajstić information content (AvgIpc) is 3.18. The average molecular weight is 513 g/mol. The number of carbonyl (C=O) groups excluding carboxylic acids is 2. The molecule has 1 unspecified atom stereocenters. The summed E-state index contributed by atoms with van der Waals surface area (Å²) in [5.41, 5.74) is 5.41. The van der Waals surface area contributed by atoms with Gasteiger partial charge in [0.15, 0.2) is 9.22 Å². The van der Waals surface area contributed by atoms with Crippen LogP contribution in [-0.2, 0) is 9.53 Å². The van der Waals surface area contributed by atoms with Crippen LogP contribution in [0.2, 0.25) is 0 Å². The molecule has 29 heavy (non-hydrogen) atoms. The van der Waals surface area contributed by atoms with Crippen LogP contribution < -0.4 is 10.6 Å². The maximum Gasteiger partial charge on any atom is 0.339 e. The Kier molecular flexibility index (Phi) is 4.32. The zero-order valence-electron chi connectivity index (χ0n) is 14.7. The largest absolute Gasteiger partial charge is 0.443 e. The number of ether oxygens (including phenoxy) is 1. The first-order chi connectivity index (χ1) is 14.0. The highest BCUT2D eigenvalue weighted by Gasteiger charge is 2.29. The van der Waals surface area contributed by atoms with Crippen molar-refractivity contribution >= 4 is 68.8 Å². The summed E-state index contributed by atoms with van der Waals surface area (Å²) in [5, 5.41) is 6.61. The van der Waals surface area contributed by atoms with Gasteiger partial charge in [-0.2, -0.15) is 0 Å². The first-order valence-corrected chi connectivity index (χ1v) is 10.4. The van der Waals surface area contributed by atoms with E-state index in [0.717, 1.165) is 27.6 Å². The van der Waals surface area contributed by atoms with E-state index in [4.69, 9.17) is 17.0 Å². The summed E-state index contributed by atoms with van der Waals surface area (Å²) >= 11 is 7.05. The van der Waals surface area contributed by atoms with Gasteiger partial charge in [0.1, 0.15) is 5.70 Å². The van der Waals surface area contributed by atoms with Gasteiger partial charge in [0.05, 0.1) is 16.8 Å². The van der Waals surface area contributed by atoms with Gasteiger partial charge in [0.2, 0.25) is 0 Å². The van der Waals surface area contributed by atoms with Crippen molar-refractivity contribution in [1.29, 1.82) is 0 Å². The molecule has 142 valence electrons. The fraction of sp³-hybridized carbons (Fsp3) is 0.0476. The highest BCUT2D eigenvalue weighted by Crippen LogP contribution is 2.38. The minimum Gasteiger partial charge on any atom is -0.443 e. The Bertz CT molecular complexity index is 1270. The lowest BCUT2D eigenvalue weighted by atomic mass is 9.99. The summed E-state index contributed by atoms with van der Waals surface area (Å²) in [7, 11) is 0. The first kappa shape index (κ1) is 18.2. The molecular formula is C21H12IN3O3S. The predicted molar refractivity (Wildman–Crippen MR) is 121 cm³/mol. The SMILES string of the molecule is O=C1NC(=S)NC1=Cc1ccc2cc(-c3ccc4c(c3)C(I)OC4=O)ccc2n1. The standard InChI is InChI=1S/C21H12IN3O3S/c22-18-15-8-11(2-5-14(15)20(27)28-18)10-3-6-16-12(7-10)1-4-13(23-16)9-17-19(26)25-21(29)24-17/h1-9,18H,(H2,24,25,26,29). The lowest BCUT2D eigenvalue weighted by Crippen LogP contribution is -2.21. The van der Waals surface area contributed by atoms with Crippen molar-refractivity contribution in [2.24, 2.45) is 0 Å². The number of halogens is 1. The molecule has 0 spiro atoms. The van der Waals surface area contributed by atoms with Gasteiger partial charge in [0.25, 0.3) is 5.91 Å². The molecule has 1 saturated heterocycles. The molecule has 3 heterocycles. The van der Waals surface area contributed by atoms with Crippen LogP contribution in [-0.4, -0.2) is 22.0 Å². The number of cyclic esters (lactones) is 1. The molecule has 1 fully saturated rings. The Morgan fingerprint density at radius 2 is 1.83 bits per heavy atom. The number of esters is 1. The Hall–Kier alpha value is -2.85. The number of nitrogens with one attached hydrogen (secondary N) is 2. The van der Waals surface area contributed by atoms with Crippen molar-refractivity contribution in [2.75, 3.05) is 0 Å². The Morgan fingerprint density at radius 3 is 2.62 bits per heavy atom. The number of carbonyl (C=O) groups is 2. The molecular weight excluding hydrogens is 501 g/mol. The van der Waals surface area contributed by atoms with Crippen LogP contribution in [0.5, 0.6) is 0 Å². The third-order valence-electron chi connectivity index (χ3n) is 4.78. The summed E-state index contributed by atoms with van der Waals surface area (Å²) in [5.74, 6) is -0.540. The minimum atomic E-state index is -0.276. The number of aromatic nitrogens is 1. The quantitative estimate of drug-likeness (QED) is 0.178. The number of thiocarbonyl (C=S) groups is 1. The van der Waals surface area contributed by atoms with Gasteiger partial charge in [-0.1, -0.05) is 18.2 Å². The molecule has 2 aliphatic heterocycles. The van der Waals surface area contributed by atoms with Crippen LogP contribution in [0.1, 0.15) is 25.7 Å². The molecule has 8 heteroatoms. The predicted octanol–water partition coefficient (Wildman–Crippen LogP) is 3.85. The first-order valence-electron chi connectivity index (χ1n) is 8.72. The van der Waals surface area contributed by atoms with Crippen LogP contribution in [0.15, 0.2) is 54.2 Å². The molecule has 5 rings (SSSR count). The zero-order valence-corrected chi connectivity index (χ0v) is 17.7. The lowest BCUT2D eigenvalue weighted by Gasteiger charge is -2.07. The van der Waals surface area contributed by atoms with Gasteiger partial charge >= 0.3 is 5.97 Å². The normalized spacial score (nSPS) is 19.3. The smallest absolute Gasteiger partial charge is 0.339 e. The summed E-state index contributed by atoms with van der Waals surface area (Å²) in [6, 6.07) is 15.5. The number of nitrogens with zero attached hydrogens (tertiary/aromatic N) is 1. The van der Waals surface area contributed by atoms with Crippen molar-refractivity contribution in [3.8, 4) is 11.1 Å². The van der Waals surface area contributed by atoms with Crippen molar-refractivity contribution < 1.29 is 14.3 Å². The molecule has 0 saturated carbocycles. The molecule has 2 aliphatic rings. The van der Waals surface area contributed by atoms with Crippen LogP contribution in [0, 0.1) is 0 Å².